The highest BCUT2D eigenvalue weighted by molar-refractivity contribution is 5.94. The van der Waals surface area contributed by atoms with Crippen molar-refractivity contribution in [2.24, 2.45) is 23.5 Å². The van der Waals surface area contributed by atoms with Gasteiger partial charge in [0.15, 0.2) is 0 Å². The molecule has 7 nitrogen and oxygen atoms in total. The molecule has 0 unspecified atom stereocenters. The van der Waals surface area contributed by atoms with Gasteiger partial charge in [0.1, 0.15) is 5.56 Å². The van der Waals surface area contributed by atoms with Crippen molar-refractivity contribution in [2.75, 3.05) is 12.3 Å². The van der Waals surface area contributed by atoms with Gasteiger partial charge < -0.3 is 21.3 Å². The van der Waals surface area contributed by atoms with Crippen LogP contribution in [0.15, 0.2) is 6.20 Å². The van der Waals surface area contributed by atoms with Crippen LogP contribution in [0.4, 0.5) is 5.95 Å². The first-order valence-electron chi connectivity index (χ1n) is 8.66. The zero-order valence-electron chi connectivity index (χ0n) is 14.1. The fourth-order valence-electron chi connectivity index (χ4n) is 4.86. The molecule has 4 bridgehead atoms. The number of nitrogen functional groups attached to an aromatic ring is 1. The van der Waals surface area contributed by atoms with Crippen molar-refractivity contribution in [3.63, 3.8) is 0 Å². The minimum Gasteiger partial charge on any atom is -0.477 e. The Hall–Kier alpha value is -1.89. The predicted octanol–water partition coefficient (Wildman–Crippen LogP) is 1.50. The first kappa shape index (κ1) is 17.0. The van der Waals surface area contributed by atoms with Crippen molar-refractivity contribution < 1.29 is 14.6 Å². The average Bonchev–Trinajstić information content (AvgIpc) is 2.45. The summed E-state index contributed by atoms with van der Waals surface area (Å²) in [4.78, 5) is 18.2. The summed E-state index contributed by atoms with van der Waals surface area (Å²) < 4.78 is 5.05. The van der Waals surface area contributed by atoms with Crippen molar-refractivity contribution in [1.29, 1.82) is 0 Å². The maximum absolute atomic E-state index is 10.8. The lowest BCUT2D eigenvalue weighted by Gasteiger charge is -2.54. The third-order valence-electron chi connectivity index (χ3n) is 5.32. The van der Waals surface area contributed by atoms with Gasteiger partial charge in [0.25, 0.3) is 5.91 Å². The van der Waals surface area contributed by atoms with Crippen LogP contribution in [-0.4, -0.2) is 33.2 Å². The van der Waals surface area contributed by atoms with Crippen molar-refractivity contribution in [1.82, 2.24) is 9.97 Å². The molecule has 4 aliphatic carbocycles. The molecule has 0 spiro atoms. The highest BCUT2D eigenvalue weighted by Gasteiger charge is 2.49. The van der Waals surface area contributed by atoms with Gasteiger partial charge in [0.05, 0.1) is 12.2 Å². The van der Waals surface area contributed by atoms with Crippen LogP contribution in [0.5, 0.6) is 5.88 Å². The summed E-state index contributed by atoms with van der Waals surface area (Å²) in [5.74, 6) is 2.23. The Kier molecular flexibility index (Phi) is 4.62. The van der Waals surface area contributed by atoms with Crippen LogP contribution < -0.4 is 16.2 Å². The molecule has 4 fully saturated rings. The first-order chi connectivity index (χ1) is 11.4. The summed E-state index contributed by atoms with van der Waals surface area (Å²) in [6.07, 6.45) is 8.91. The van der Waals surface area contributed by atoms with Gasteiger partial charge in [-0.05, 0) is 63.2 Å². The second-order valence-corrected chi connectivity index (χ2v) is 7.39. The summed E-state index contributed by atoms with van der Waals surface area (Å²) in [7, 11) is 0. The number of aliphatic hydroxyl groups is 1. The van der Waals surface area contributed by atoms with Gasteiger partial charge in [-0.15, -0.1) is 0 Å². The van der Waals surface area contributed by atoms with Crippen molar-refractivity contribution in [3.8, 4) is 5.88 Å². The van der Waals surface area contributed by atoms with Gasteiger partial charge in [0.2, 0.25) is 11.8 Å². The third kappa shape index (κ3) is 3.61. The molecule has 4 aliphatic rings. The second-order valence-electron chi connectivity index (χ2n) is 7.39. The van der Waals surface area contributed by atoms with E-state index in [1.54, 1.807) is 6.92 Å². The van der Waals surface area contributed by atoms with E-state index in [9.17, 15) is 9.90 Å². The normalized spacial score (nSPS) is 32.8. The monoisotopic (exact) mass is 334 g/mol. The lowest BCUT2D eigenvalue weighted by atomic mass is 9.54. The van der Waals surface area contributed by atoms with Crippen LogP contribution >= 0.6 is 0 Å². The smallest absolute Gasteiger partial charge is 0.255 e. The van der Waals surface area contributed by atoms with Crippen LogP contribution in [0.3, 0.4) is 0 Å². The zero-order valence-corrected chi connectivity index (χ0v) is 14.1. The molecule has 0 atom stereocenters. The molecule has 24 heavy (non-hydrogen) atoms. The van der Waals surface area contributed by atoms with E-state index >= 15 is 0 Å². The van der Waals surface area contributed by atoms with Crippen LogP contribution in [0.2, 0.25) is 0 Å². The predicted molar refractivity (Wildman–Crippen MR) is 89.3 cm³/mol. The van der Waals surface area contributed by atoms with E-state index in [-0.39, 0.29) is 23.0 Å². The molecular weight excluding hydrogens is 308 g/mol. The van der Waals surface area contributed by atoms with Crippen LogP contribution in [0.1, 0.15) is 55.8 Å². The molecule has 0 radical (unpaired) electrons. The molecule has 1 heterocycles. The van der Waals surface area contributed by atoms with E-state index in [2.05, 4.69) is 9.97 Å². The first-order valence-corrected chi connectivity index (χ1v) is 8.66. The molecule has 1 amide bonds. The summed E-state index contributed by atoms with van der Waals surface area (Å²) in [5, 5.41) is 10.1. The molecule has 0 aliphatic heterocycles. The minimum atomic E-state index is -0.636. The van der Waals surface area contributed by atoms with Gasteiger partial charge in [-0.25, -0.2) is 4.98 Å². The molecule has 132 valence electrons. The fraction of sp³-hybridized carbons (Fsp3) is 0.706. The lowest BCUT2D eigenvalue weighted by Crippen LogP contribution is -2.50. The van der Waals surface area contributed by atoms with Crippen LogP contribution in [0.25, 0.3) is 0 Å². The number of aromatic nitrogens is 2. The molecule has 1 aromatic rings. The molecule has 0 saturated heterocycles. The summed E-state index contributed by atoms with van der Waals surface area (Å²) in [6, 6.07) is 0. The fourth-order valence-corrected chi connectivity index (χ4v) is 4.86. The Balaban J connectivity index is 0.000000142. The Morgan fingerprint density at radius 1 is 1.29 bits per heavy atom. The van der Waals surface area contributed by atoms with E-state index in [4.69, 9.17) is 16.2 Å². The molecule has 5 N–H and O–H groups in total. The van der Waals surface area contributed by atoms with Gasteiger partial charge in [-0.2, -0.15) is 4.98 Å². The largest absolute Gasteiger partial charge is 0.477 e. The molecular formula is C17H26N4O3. The number of carbonyl (C=O) groups is 1. The summed E-state index contributed by atoms with van der Waals surface area (Å²) >= 11 is 0. The highest BCUT2D eigenvalue weighted by Crippen LogP contribution is 2.55. The van der Waals surface area contributed by atoms with E-state index in [1.807, 2.05) is 0 Å². The number of hydrogen-bond donors (Lipinski definition) is 3. The van der Waals surface area contributed by atoms with Crippen molar-refractivity contribution >= 4 is 11.9 Å². The molecule has 1 aromatic heterocycles. The Morgan fingerprint density at radius 3 is 2.25 bits per heavy atom. The Labute approximate surface area is 141 Å². The molecule has 5 rings (SSSR count). The number of carbonyl (C=O) groups excluding carboxylic acids is 1. The highest BCUT2D eigenvalue weighted by atomic mass is 16.5. The van der Waals surface area contributed by atoms with Gasteiger partial charge in [0, 0.05) is 6.20 Å². The van der Waals surface area contributed by atoms with Gasteiger partial charge in [-0.3, -0.25) is 4.79 Å². The van der Waals surface area contributed by atoms with Crippen LogP contribution in [0, 0.1) is 17.8 Å². The Morgan fingerprint density at radius 2 is 1.83 bits per heavy atom. The topological polar surface area (TPSA) is 124 Å². The molecule has 7 heteroatoms. The van der Waals surface area contributed by atoms with Gasteiger partial charge >= 0.3 is 0 Å². The van der Waals surface area contributed by atoms with E-state index < -0.39 is 5.91 Å². The zero-order chi connectivity index (χ0) is 17.3. The van der Waals surface area contributed by atoms with Gasteiger partial charge in [-0.1, -0.05) is 0 Å². The number of nitrogens with two attached hydrogens (primary N) is 2. The number of nitrogens with zero attached hydrogens (tertiary/aromatic N) is 2. The number of anilines is 1. The summed E-state index contributed by atoms with van der Waals surface area (Å²) in [6.45, 7) is 2.15. The number of hydrogen-bond acceptors (Lipinski definition) is 6. The number of primary amides is 1. The number of ether oxygens (including phenoxy) is 1. The summed E-state index contributed by atoms with van der Waals surface area (Å²) in [5.41, 5.74) is 10.3. The maximum Gasteiger partial charge on any atom is 0.255 e. The van der Waals surface area contributed by atoms with Crippen molar-refractivity contribution in [3.05, 3.63) is 11.8 Å². The van der Waals surface area contributed by atoms with E-state index in [0.29, 0.717) is 6.61 Å². The number of rotatable bonds is 3. The standard InChI is InChI=1S/C10H16O.C7H10N4O2/c11-10-4-7-1-8(5-10)3-9(2-7)6-10;1-2-13-6-4(5(8)12)3-10-7(9)11-6/h7-9,11H,1-6H2;3H,2H2,1H3,(H2,8,12)(H2,9,10,11). The van der Waals surface area contributed by atoms with Crippen LogP contribution in [-0.2, 0) is 0 Å². The minimum absolute atomic E-state index is 0.0495. The lowest BCUT2D eigenvalue weighted by molar-refractivity contribution is -0.124. The third-order valence-corrected chi connectivity index (χ3v) is 5.32. The molecule has 4 saturated carbocycles. The van der Waals surface area contributed by atoms with E-state index in [1.165, 1.54) is 25.5 Å². The van der Waals surface area contributed by atoms with Crippen molar-refractivity contribution in [2.45, 2.75) is 51.0 Å². The quantitative estimate of drug-likeness (QED) is 0.769. The maximum atomic E-state index is 10.8. The van der Waals surface area contributed by atoms with E-state index in [0.717, 1.165) is 37.0 Å². The molecule has 0 aromatic carbocycles. The Bertz CT molecular complexity index is 585. The average molecular weight is 334 g/mol. The second kappa shape index (κ2) is 6.55. The number of amides is 1. The SMILES string of the molecule is CCOc1nc(N)ncc1C(N)=O.OC12CC3CC(CC(C3)C1)C2.